The Kier molecular flexibility index (Phi) is 3.84. The van der Waals surface area contributed by atoms with Gasteiger partial charge in [0.25, 0.3) is 5.91 Å². The van der Waals surface area contributed by atoms with Crippen LogP contribution in [0.15, 0.2) is 40.8 Å². The lowest BCUT2D eigenvalue weighted by Gasteiger charge is -2.28. The number of carbonyl (C=O) groups is 2. The van der Waals surface area contributed by atoms with Crippen LogP contribution in [0.2, 0.25) is 5.22 Å². The van der Waals surface area contributed by atoms with Gasteiger partial charge in [-0.1, -0.05) is 24.3 Å². The first-order chi connectivity index (χ1) is 12.0. The van der Waals surface area contributed by atoms with Crippen molar-refractivity contribution in [1.29, 1.82) is 0 Å². The number of aryl methyl sites for hydroxylation is 1. The Morgan fingerprint density at radius 3 is 2.88 bits per heavy atom. The van der Waals surface area contributed by atoms with Crippen molar-refractivity contribution in [3.05, 3.63) is 58.5 Å². The van der Waals surface area contributed by atoms with E-state index in [-0.39, 0.29) is 22.9 Å². The van der Waals surface area contributed by atoms with E-state index in [4.69, 9.17) is 16.0 Å². The maximum absolute atomic E-state index is 13.1. The fourth-order valence-corrected chi connectivity index (χ4v) is 4.04. The van der Waals surface area contributed by atoms with E-state index in [2.05, 4.69) is 17.4 Å². The molecule has 2 heterocycles. The minimum atomic E-state index is -0.923. The SMILES string of the molecule is CC1(NC(=O)c2ccc(Cl)o2)CCN(C2CCc3ccccc32)C1=O. The summed E-state index contributed by atoms with van der Waals surface area (Å²) < 4.78 is 5.14. The van der Waals surface area contributed by atoms with Crippen molar-refractivity contribution in [2.75, 3.05) is 6.54 Å². The Morgan fingerprint density at radius 1 is 1.32 bits per heavy atom. The van der Waals surface area contributed by atoms with Gasteiger partial charge in [0, 0.05) is 6.54 Å². The predicted molar refractivity (Wildman–Crippen MR) is 93.4 cm³/mol. The molecule has 2 unspecified atom stereocenters. The Bertz CT molecular complexity index is 847. The molecule has 130 valence electrons. The number of hydrogen-bond donors (Lipinski definition) is 1. The van der Waals surface area contributed by atoms with E-state index in [1.54, 1.807) is 6.92 Å². The molecule has 0 bridgehead atoms. The first kappa shape index (κ1) is 16.2. The van der Waals surface area contributed by atoms with Gasteiger partial charge in [0.1, 0.15) is 5.54 Å². The molecule has 1 aliphatic carbocycles. The standard InChI is InChI=1S/C19H19ClN2O3/c1-19(21-17(23)15-8-9-16(20)25-15)10-11-22(18(19)24)14-7-6-12-4-2-3-5-13(12)14/h2-5,8-9,14H,6-7,10-11H2,1H3,(H,21,23). The molecule has 4 rings (SSSR count). The monoisotopic (exact) mass is 358 g/mol. The van der Waals surface area contributed by atoms with Crippen LogP contribution in [0, 0.1) is 0 Å². The Morgan fingerprint density at radius 2 is 2.12 bits per heavy atom. The summed E-state index contributed by atoms with van der Waals surface area (Å²) in [5.41, 5.74) is 1.61. The highest BCUT2D eigenvalue weighted by Gasteiger charge is 2.47. The average Bonchev–Trinajstić information content (AvgIpc) is 3.27. The zero-order valence-corrected chi connectivity index (χ0v) is 14.7. The Hall–Kier alpha value is -2.27. The molecular weight excluding hydrogens is 340 g/mol. The van der Waals surface area contributed by atoms with Crippen LogP contribution in [0.5, 0.6) is 0 Å². The molecule has 5 nitrogen and oxygen atoms in total. The maximum atomic E-state index is 13.1. The van der Waals surface area contributed by atoms with Crippen molar-refractivity contribution in [1.82, 2.24) is 10.2 Å². The van der Waals surface area contributed by atoms with Crippen molar-refractivity contribution >= 4 is 23.4 Å². The van der Waals surface area contributed by atoms with Gasteiger partial charge >= 0.3 is 0 Å². The van der Waals surface area contributed by atoms with E-state index in [9.17, 15) is 9.59 Å². The van der Waals surface area contributed by atoms with Gasteiger partial charge in [0.15, 0.2) is 11.0 Å². The van der Waals surface area contributed by atoms with Gasteiger partial charge in [0.05, 0.1) is 6.04 Å². The first-order valence-corrected chi connectivity index (χ1v) is 8.82. The van der Waals surface area contributed by atoms with Gasteiger partial charge in [-0.25, -0.2) is 0 Å². The fraction of sp³-hybridized carbons (Fsp3) is 0.368. The molecule has 0 saturated carbocycles. The average molecular weight is 359 g/mol. The third-order valence-corrected chi connectivity index (χ3v) is 5.45. The van der Waals surface area contributed by atoms with Crippen LogP contribution in [0.25, 0.3) is 0 Å². The number of hydrogen-bond acceptors (Lipinski definition) is 3. The molecular formula is C19H19ClN2O3. The fourth-order valence-electron chi connectivity index (χ4n) is 3.89. The summed E-state index contributed by atoms with van der Waals surface area (Å²) in [7, 11) is 0. The van der Waals surface area contributed by atoms with Crippen LogP contribution >= 0.6 is 11.6 Å². The molecule has 1 aromatic heterocycles. The third-order valence-electron chi connectivity index (χ3n) is 5.25. The molecule has 25 heavy (non-hydrogen) atoms. The number of likely N-dealkylation sites (tertiary alicyclic amines) is 1. The number of furan rings is 1. The number of benzene rings is 1. The number of rotatable bonds is 3. The number of amides is 2. The molecule has 1 aromatic carbocycles. The number of carbonyl (C=O) groups excluding carboxylic acids is 2. The quantitative estimate of drug-likeness (QED) is 0.915. The second kappa shape index (κ2) is 5.92. The lowest BCUT2D eigenvalue weighted by Crippen LogP contribution is -2.52. The third kappa shape index (κ3) is 2.72. The molecule has 1 fully saturated rings. The van der Waals surface area contributed by atoms with Crippen LogP contribution in [-0.2, 0) is 11.2 Å². The molecule has 2 atom stereocenters. The van der Waals surface area contributed by atoms with Crippen molar-refractivity contribution in [2.24, 2.45) is 0 Å². The highest BCUT2D eigenvalue weighted by molar-refractivity contribution is 6.29. The summed E-state index contributed by atoms with van der Waals surface area (Å²) in [4.78, 5) is 27.3. The molecule has 1 N–H and O–H groups in total. The second-order valence-electron chi connectivity index (χ2n) is 6.89. The lowest BCUT2D eigenvalue weighted by molar-refractivity contribution is -0.134. The molecule has 1 saturated heterocycles. The van der Waals surface area contributed by atoms with Crippen LogP contribution < -0.4 is 5.32 Å². The van der Waals surface area contributed by atoms with Crippen molar-refractivity contribution in [3.8, 4) is 0 Å². The molecule has 2 aliphatic rings. The summed E-state index contributed by atoms with van der Waals surface area (Å²) in [5, 5.41) is 2.98. The number of nitrogens with zero attached hydrogens (tertiary/aromatic N) is 1. The second-order valence-corrected chi connectivity index (χ2v) is 7.26. The summed E-state index contributed by atoms with van der Waals surface area (Å²) in [6.07, 6.45) is 2.49. The topological polar surface area (TPSA) is 62.6 Å². The number of halogens is 1. The summed E-state index contributed by atoms with van der Waals surface area (Å²) >= 11 is 5.72. The van der Waals surface area contributed by atoms with Gasteiger partial charge in [0.2, 0.25) is 5.91 Å². The van der Waals surface area contributed by atoms with E-state index < -0.39 is 11.4 Å². The van der Waals surface area contributed by atoms with E-state index in [1.807, 2.05) is 17.0 Å². The van der Waals surface area contributed by atoms with E-state index in [0.717, 1.165) is 12.8 Å². The highest BCUT2D eigenvalue weighted by atomic mass is 35.5. The van der Waals surface area contributed by atoms with Gasteiger partial charge in [-0.2, -0.15) is 0 Å². The molecule has 6 heteroatoms. The van der Waals surface area contributed by atoms with Crippen LogP contribution in [0.4, 0.5) is 0 Å². The van der Waals surface area contributed by atoms with Gasteiger partial charge in [-0.05, 0) is 61.0 Å². The summed E-state index contributed by atoms with van der Waals surface area (Å²) in [6.45, 7) is 2.41. The van der Waals surface area contributed by atoms with E-state index >= 15 is 0 Å². The zero-order valence-electron chi connectivity index (χ0n) is 13.9. The Balaban J connectivity index is 1.52. The van der Waals surface area contributed by atoms with Gasteiger partial charge < -0.3 is 14.6 Å². The van der Waals surface area contributed by atoms with Crippen molar-refractivity contribution < 1.29 is 14.0 Å². The summed E-state index contributed by atoms with van der Waals surface area (Å²) in [6, 6.07) is 11.4. The maximum Gasteiger partial charge on any atom is 0.287 e. The van der Waals surface area contributed by atoms with Crippen LogP contribution in [-0.4, -0.2) is 28.8 Å². The smallest absolute Gasteiger partial charge is 0.287 e. The minimum absolute atomic E-state index is 0.0415. The summed E-state index contributed by atoms with van der Waals surface area (Å²) in [5.74, 6) is -0.347. The molecule has 0 radical (unpaired) electrons. The van der Waals surface area contributed by atoms with Gasteiger partial charge in [-0.15, -0.1) is 0 Å². The first-order valence-electron chi connectivity index (χ1n) is 8.45. The highest BCUT2D eigenvalue weighted by Crippen LogP contribution is 2.39. The molecule has 2 aromatic rings. The molecule has 0 spiro atoms. The van der Waals surface area contributed by atoms with Crippen molar-refractivity contribution in [3.63, 3.8) is 0 Å². The van der Waals surface area contributed by atoms with E-state index in [0.29, 0.717) is 13.0 Å². The Labute approximate surface area is 150 Å². The van der Waals surface area contributed by atoms with Crippen molar-refractivity contribution in [2.45, 2.75) is 37.8 Å². The largest absolute Gasteiger partial charge is 0.440 e. The lowest BCUT2D eigenvalue weighted by atomic mass is 10.00. The van der Waals surface area contributed by atoms with Crippen LogP contribution in [0.3, 0.4) is 0 Å². The van der Waals surface area contributed by atoms with E-state index in [1.165, 1.54) is 23.3 Å². The molecule has 2 amide bonds. The van der Waals surface area contributed by atoms with Gasteiger partial charge in [-0.3, -0.25) is 9.59 Å². The number of fused-ring (bicyclic) bond motifs is 1. The number of nitrogens with one attached hydrogen (secondary N) is 1. The van der Waals surface area contributed by atoms with Crippen LogP contribution in [0.1, 0.15) is 47.5 Å². The minimum Gasteiger partial charge on any atom is -0.440 e. The predicted octanol–water partition coefficient (Wildman–Crippen LogP) is 3.34. The zero-order chi connectivity index (χ0) is 17.6. The molecule has 1 aliphatic heterocycles. The normalized spacial score (nSPS) is 25.3.